The Morgan fingerprint density at radius 3 is 2.53 bits per heavy atom. The van der Waals surface area contributed by atoms with Crippen LogP contribution in [0.15, 0.2) is 36.4 Å². The number of carboxylic acids is 1. The Morgan fingerprint density at radius 2 is 1.94 bits per heavy atom. The summed E-state index contributed by atoms with van der Waals surface area (Å²) in [7, 11) is 0. The summed E-state index contributed by atoms with van der Waals surface area (Å²) in [6.07, 6.45) is 1.47. The van der Waals surface area contributed by atoms with Crippen LogP contribution < -0.4 is 10.4 Å². The van der Waals surface area contributed by atoms with Crippen LogP contribution in [-0.2, 0) is 9.59 Å². The van der Waals surface area contributed by atoms with Crippen LogP contribution in [0.2, 0.25) is 0 Å². The molecule has 1 aromatic carbocycles. The van der Waals surface area contributed by atoms with E-state index >= 15 is 0 Å². The molecule has 1 N–H and O–H groups in total. The van der Waals surface area contributed by atoms with Crippen molar-refractivity contribution in [3.8, 4) is 0 Å². The second-order valence-electron chi connectivity index (χ2n) is 3.28. The maximum absolute atomic E-state index is 11.2. The summed E-state index contributed by atoms with van der Waals surface area (Å²) >= 11 is 0. The van der Waals surface area contributed by atoms with E-state index in [-0.39, 0.29) is 5.78 Å². The smallest absolute Gasteiger partial charge is 0.248 e. The second kappa shape index (κ2) is 5.60. The molecule has 0 heterocycles. The quantitative estimate of drug-likeness (QED) is 0.590. The molecular weight excluding hydrogens is 222 g/mol. The largest absolute Gasteiger partial charge is 0.545 e. The average Bonchev–Trinajstić information content (AvgIpc) is 2.26. The highest BCUT2D eigenvalue weighted by Crippen LogP contribution is 2.11. The molecule has 1 rings (SSSR count). The number of Topliss-reactive ketones (excluding diaryl/α,β-unsaturated/α-hetero) is 1. The highest BCUT2D eigenvalue weighted by Gasteiger charge is 2.02. The molecule has 0 aromatic heterocycles. The van der Waals surface area contributed by atoms with Crippen molar-refractivity contribution in [1.82, 2.24) is 0 Å². The number of hydrogen-bond donors (Lipinski definition) is 1. The van der Waals surface area contributed by atoms with E-state index in [0.717, 1.165) is 6.08 Å². The predicted octanol–water partition coefficient (Wildman–Crippen LogP) is 0.134. The summed E-state index contributed by atoms with van der Waals surface area (Å²) in [6.45, 7) is 1.41. The molecule has 0 bridgehead atoms. The normalized spacial score (nSPS) is 10.2. The van der Waals surface area contributed by atoms with Gasteiger partial charge in [0, 0.05) is 17.3 Å². The van der Waals surface area contributed by atoms with Crippen molar-refractivity contribution in [2.24, 2.45) is 0 Å². The zero-order valence-electron chi connectivity index (χ0n) is 9.10. The van der Waals surface area contributed by atoms with E-state index in [9.17, 15) is 19.5 Å². The van der Waals surface area contributed by atoms with E-state index in [1.54, 1.807) is 18.2 Å². The number of aliphatic carboxylic acids is 1. The molecule has 0 aliphatic heterocycles. The zero-order chi connectivity index (χ0) is 12.8. The fourth-order valence-electron chi connectivity index (χ4n) is 1.14. The van der Waals surface area contributed by atoms with Gasteiger partial charge in [-0.15, -0.1) is 0 Å². The SMILES string of the molecule is CC(=O)c1cccc(NC(=O)/C=C/C(=O)[O-])c1. The lowest BCUT2D eigenvalue weighted by Gasteiger charge is -2.03. The Hall–Kier alpha value is -2.43. The minimum absolute atomic E-state index is 0.119. The van der Waals surface area contributed by atoms with Gasteiger partial charge in [0.15, 0.2) is 5.78 Å². The molecule has 0 saturated carbocycles. The van der Waals surface area contributed by atoms with Crippen LogP contribution >= 0.6 is 0 Å². The number of nitrogens with one attached hydrogen (secondary N) is 1. The van der Waals surface area contributed by atoms with Gasteiger partial charge < -0.3 is 15.2 Å². The number of anilines is 1. The van der Waals surface area contributed by atoms with Gasteiger partial charge in [0.05, 0.1) is 5.97 Å². The van der Waals surface area contributed by atoms with Crippen molar-refractivity contribution in [3.63, 3.8) is 0 Å². The maximum atomic E-state index is 11.2. The van der Waals surface area contributed by atoms with Crippen LogP contribution in [0.5, 0.6) is 0 Å². The second-order valence-corrected chi connectivity index (χ2v) is 3.28. The van der Waals surface area contributed by atoms with Gasteiger partial charge in [-0.3, -0.25) is 9.59 Å². The Morgan fingerprint density at radius 1 is 1.24 bits per heavy atom. The first-order valence-corrected chi connectivity index (χ1v) is 4.80. The monoisotopic (exact) mass is 232 g/mol. The van der Waals surface area contributed by atoms with Gasteiger partial charge >= 0.3 is 0 Å². The van der Waals surface area contributed by atoms with Crippen molar-refractivity contribution >= 4 is 23.3 Å². The summed E-state index contributed by atoms with van der Waals surface area (Å²) < 4.78 is 0. The van der Waals surface area contributed by atoms with Crippen LogP contribution in [0.25, 0.3) is 0 Å². The Balaban J connectivity index is 2.75. The molecule has 5 nitrogen and oxygen atoms in total. The number of hydrogen-bond acceptors (Lipinski definition) is 4. The maximum Gasteiger partial charge on any atom is 0.248 e. The predicted molar refractivity (Wildman–Crippen MR) is 59.2 cm³/mol. The molecule has 17 heavy (non-hydrogen) atoms. The summed E-state index contributed by atoms with van der Waals surface area (Å²) in [5.41, 5.74) is 0.886. The van der Waals surface area contributed by atoms with Gasteiger partial charge in [-0.2, -0.15) is 0 Å². The minimum Gasteiger partial charge on any atom is -0.545 e. The van der Waals surface area contributed by atoms with E-state index in [4.69, 9.17) is 0 Å². The molecule has 0 spiro atoms. The van der Waals surface area contributed by atoms with Crippen molar-refractivity contribution in [2.45, 2.75) is 6.92 Å². The third-order valence-electron chi connectivity index (χ3n) is 1.91. The first-order valence-electron chi connectivity index (χ1n) is 4.80. The molecule has 0 aliphatic rings. The average molecular weight is 232 g/mol. The van der Waals surface area contributed by atoms with Crippen LogP contribution in [0.1, 0.15) is 17.3 Å². The molecule has 1 amide bonds. The summed E-state index contributed by atoms with van der Waals surface area (Å²) in [6, 6.07) is 6.34. The molecule has 0 saturated heterocycles. The number of carbonyl (C=O) groups excluding carboxylic acids is 3. The first-order chi connectivity index (χ1) is 7.99. The van der Waals surface area contributed by atoms with Crippen molar-refractivity contribution in [2.75, 3.05) is 5.32 Å². The molecular formula is C12H10NO4-. The zero-order valence-corrected chi connectivity index (χ0v) is 9.10. The number of amides is 1. The Kier molecular flexibility index (Phi) is 4.16. The molecule has 1 aromatic rings. The summed E-state index contributed by atoms with van der Waals surface area (Å²) in [4.78, 5) is 32.4. The van der Waals surface area contributed by atoms with Gasteiger partial charge in [-0.05, 0) is 25.1 Å². The van der Waals surface area contributed by atoms with E-state index in [2.05, 4.69) is 5.32 Å². The number of carbonyl (C=O) groups is 3. The van der Waals surface area contributed by atoms with Gasteiger partial charge in [-0.1, -0.05) is 12.1 Å². The lowest BCUT2D eigenvalue weighted by atomic mass is 10.1. The fourth-order valence-corrected chi connectivity index (χ4v) is 1.14. The van der Waals surface area contributed by atoms with Crippen molar-refractivity contribution < 1.29 is 19.5 Å². The van der Waals surface area contributed by atoms with E-state index in [1.807, 2.05) is 0 Å². The van der Waals surface area contributed by atoms with Crippen molar-refractivity contribution in [1.29, 1.82) is 0 Å². The van der Waals surface area contributed by atoms with E-state index < -0.39 is 11.9 Å². The molecule has 88 valence electrons. The van der Waals surface area contributed by atoms with E-state index in [0.29, 0.717) is 17.3 Å². The van der Waals surface area contributed by atoms with E-state index in [1.165, 1.54) is 13.0 Å². The number of ketones is 1. The van der Waals surface area contributed by atoms with Crippen LogP contribution in [0.3, 0.4) is 0 Å². The minimum atomic E-state index is -1.45. The standard InChI is InChI=1S/C12H11NO4/c1-8(14)9-3-2-4-10(7-9)13-11(15)5-6-12(16)17/h2-7H,1H3,(H,13,15)(H,16,17)/p-1/b6-5+. The molecule has 0 radical (unpaired) electrons. The van der Waals surface area contributed by atoms with Gasteiger partial charge in [0.25, 0.3) is 0 Å². The third kappa shape index (κ3) is 4.29. The number of carboxylic acid groups (broad SMARTS) is 1. The molecule has 0 aliphatic carbocycles. The summed E-state index contributed by atoms with van der Waals surface area (Å²) in [5, 5.41) is 12.5. The van der Waals surface area contributed by atoms with Crippen LogP contribution in [0.4, 0.5) is 5.69 Å². The highest BCUT2D eigenvalue weighted by molar-refractivity contribution is 6.03. The molecule has 5 heteroatoms. The van der Waals surface area contributed by atoms with Gasteiger partial charge in [0.1, 0.15) is 0 Å². The fraction of sp³-hybridized carbons (Fsp3) is 0.0833. The Labute approximate surface area is 97.8 Å². The highest BCUT2D eigenvalue weighted by atomic mass is 16.4. The number of benzene rings is 1. The van der Waals surface area contributed by atoms with Crippen LogP contribution in [0, 0.1) is 0 Å². The first kappa shape index (κ1) is 12.6. The summed E-state index contributed by atoms with van der Waals surface area (Å²) in [5.74, 6) is -2.17. The van der Waals surface area contributed by atoms with Crippen molar-refractivity contribution in [3.05, 3.63) is 42.0 Å². The Bertz CT molecular complexity index is 491. The molecule has 0 fully saturated rings. The van der Waals surface area contributed by atoms with Crippen LogP contribution in [-0.4, -0.2) is 17.7 Å². The lowest BCUT2D eigenvalue weighted by molar-refractivity contribution is -0.297. The molecule has 0 atom stereocenters. The third-order valence-corrected chi connectivity index (χ3v) is 1.91. The van der Waals surface area contributed by atoms with Gasteiger partial charge in [0.2, 0.25) is 5.91 Å². The lowest BCUT2D eigenvalue weighted by Crippen LogP contribution is -2.20. The topological polar surface area (TPSA) is 86.3 Å². The molecule has 0 unspecified atom stereocenters. The van der Waals surface area contributed by atoms with Gasteiger partial charge in [-0.25, -0.2) is 0 Å². The number of rotatable bonds is 4.